The molecule has 1 aliphatic heterocycles. The maximum atomic E-state index is 12.9. The Morgan fingerprint density at radius 1 is 1.06 bits per heavy atom. The molecule has 0 atom stereocenters. The molecule has 162 valence electrons. The number of halogens is 3. The lowest BCUT2D eigenvalue weighted by molar-refractivity contribution is -0.137. The zero-order valence-electron chi connectivity index (χ0n) is 16.8. The van der Waals surface area contributed by atoms with Crippen LogP contribution < -0.4 is 5.32 Å². The van der Waals surface area contributed by atoms with Crippen LogP contribution in [0.4, 0.5) is 23.7 Å². The predicted octanol–water partition coefficient (Wildman–Crippen LogP) is 5.51. The summed E-state index contributed by atoms with van der Waals surface area (Å²) in [5.74, 6) is 1.32. The van der Waals surface area contributed by atoms with Crippen LogP contribution >= 0.6 is 0 Å². The molecule has 1 aromatic heterocycles. The van der Waals surface area contributed by atoms with Gasteiger partial charge in [-0.15, -0.1) is 0 Å². The summed E-state index contributed by atoms with van der Waals surface area (Å²) in [6, 6.07) is 14.3. The summed E-state index contributed by atoms with van der Waals surface area (Å²) >= 11 is 0. The van der Waals surface area contributed by atoms with E-state index in [-0.39, 0.29) is 11.7 Å². The molecule has 0 aliphatic carbocycles. The number of anilines is 1. The Balaban J connectivity index is 1.33. The maximum absolute atomic E-state index is 12.9. The van der Waals surface area contributed by atoms with E-state index in [1.54, 1.807) is 11.1 Å². The van der Waals surface area contributed by atoms with Gasteiger partial charge in [-0.05, 0) is 37.0 Å². The van der Waals surface area contributed by atoms with E-state index in [0.717, 1.165) is 42.9 Å². The number of hydrogen-bond donors (Lipinski definition) is 1. The summed E-state index contributed by atoms with van der Waals surface area (Å²) in [5.41, 5.74) is 0.428. The molecule has 0 bridgehead atoms. The highest BCUT2D eigenvalue weighted by Gasteiger charge is 2.31. The van der Waals surface area contributed by atoms with E-state index in [1.165, 1.54) is 12.1 Å². The number of imidazole rings is 1. The van der Waals surface area contributed by atoms with Crippen molar-refractivity contribution in [2.75, 3.05) is 18.4 Å². The van der Waals surface area contributed by atoms with Gasteiger partial charge in [-0.2, -0.15) is 13.2 Å². The monoisotopic (exact) mass is 428 g/mol. The van der Waals surface area contributed by atoms with Crippen LogP contribution in [-0.4, -0.2) is 33.6 Å². The highest BCUT2D eigenvalue weighted by atomic mass is 19.4. The quantitative estimate of drug-likeness (QED) is 0.596. The third-order valence-corrected chi connectivity index (χ3v) is 5.55. The Morgan fingerprint density at radius 3 is 2.52 bits per heavy atom. The second-order valence-corrected chi connectivity index (χ2v) is 7.71. The summed E-state index contributed by atoms with van der Waals surface area (Å²) in [7, 11) is 0. The number of alkyl halides is 3. The number of nitrogens with one attached hydrogen (secondary N) is 1. The van der Waals surface area contributed by atoms with Crippen LogP contribution in [0.3, 0.4) is 0 Å². The van der Waals surface area contributed by atoms with Gasteiger partial charge in [-0.3, -0.25) is 0 Å². The molecule has 0 spiro atoms. The average Bonchev–Trinajstić information content (AvgIpc) is 3.22. The number of urea groups is 1. The SMILES string of the molecule is O=C(Nc1cccc(C(F)(F)F)c1)N1CCC(Cn2ccnc2-c2ccccc2)CC1. The minimum atomic E-state index is -4.44. The summed E-state index contributed by atoms with van der Waals surface area (Å²) in [6.45, 7) is 1.93. The van der Waals surface area contributed by atoms with E-state index >= 15 is 0 Å². The molecule has 4 rings (SSSR count). The minimum Gasteiger partial charge on any atom is -0.331 e. The lowest BCUT2D eigenvalue weighted by atomic mass is 9.97. The molecule has 0 radical (unpaired) electrons. The fraction of sp³-hybridized carbons (Fsp3) is 0.304. The van der Waals surface area contributed by atoms with Gasteiger partial charge in [0.05, 0.1) is 5.56 Å². The number of piperidine rings is 1. The van der Waals surface area contributed by atoms with E-state index < -0.39 is 11.7 Å². The summed E-state index contributed by atoms with van der Waals surface area (Å²) in [6.07, 6.45) is 0.963. The zero-order valence-corrected chi connectivity index (χ0v) is 16.8. The van der Waals surface area contributed by atoms with Gasteiger partial charge in [0.15, 0.2) is 0 Å². The van der Waals surface area contributed by atoms with E-state index in [4.69, 9.17) is 0 Å². The van der Waals surface area contributed by atoms with Crippen molar-refractivity contribution in [1.82, 2.24) is 14.5 Å². The number of amides is 2. The molecule has 1 fully saturated rings. The number of benzene rings is 2. The van der Waals surface area contributed by atoms with Crippen molar-refractivity contribution < 1.29 is 18.0 Å². The van der Waals surface area contributed by atoms with Gasteiger partial charge in [0.25, 0.3) is 0 Å². The normalized spacial score (nSPS) is 15.1. The lowest BCUT2D eigenvalue weighted by Crippen LogP contribution is -2.41. The van der Waals surface area contributed by atoms with Crippen molar-refractivity contribution >= 4 is 11.7 Å². The number of rotatable bonds is 4. The van der Waals surface area contributed by atoms with Crippen molar-refractivity contribution in [2.24, 2.45) is 5.92 Å². The number of aromatic nitrogens is 2. The lowest BCUT2D eigenvalue weighted by Gasteiger charge is -2.32. The Morgan fingerprint density at radius 2 is 1.81 bits per heavy atom. The van der Waals surface area contributed by atoms with Crippen LogP contribution in [0.15, 0.2) is 67.0 Å². The highest BCUT2D eigenvalue weighted by molar-refractivity contribution is 5.89. The van der Waals surface area contributed by atoms with E-state index in [0.29, 0.717) is 19.0 Å². The fourth-order valence-electron chi connectivity index (χ4n) is 3.88. The number of nitrogens with zero attached hydrogens (tertiary/aromatic N) is 3. The van der Waals surface area contributed by atoms with Gasteiger partial charge >= 0.3 is 12.2 Å². The molecule has 2 aromatic carbocycles. The summed E-state index contributed by atoms with van der Waals surface area (Å²) in [5, 5.41) is 2.59. The van der Waals surface area contributed by atoms with E-state index in [2.05, 4.69) is 14.9 Å². The number of carbonyl (C=O) groups is 1. The van der Waals surface area contributed by atoms with Crippen LogP contribution in [0.2, 0.25) is 0 Å². The largest absolute Gasteiger partial charge is 0.416 e. The van der Waals surface area contributed by atoms with Gasteiger partial charge in [0.1, 0.15) is 5.82 Å². The molecular formula is C23H23F3N4O. The molecule has 5 nitrogen and oxygen atoms in total. The van der Waals surface area contributed by atoms with Crippen LogP contribution in [0.1, 0.15) is 18.4 Å². The highest BCUT2D eigenvalue weighted by Crippen LogP contribution is 2.31. The number of likely N-dealkylation sites (tertiary alicyclic amines) is 1. The Kier molecular flexibility index (Phi) is 5.97. The molecule has 1 aliphatic rings. The minimum absolute atomic E-state index is 0.146. The third kappa shape index (κ3) is 5.07. The van der Waals surface area contributed by atoms with Crippen molar-refractivity contribution in [3.63, 3.8) is 0 Å². The zero-order chi connectivity index (χ0) is 21.8. The predicted molar refractivity (Wildman–Crippen MR) is 112 cm³/mol. The van der Waals surface area contributed by atoms with Crippen molar-refractivity contribution in [2.45, 2.75) is 25.6 Å². The van der Waals surface area contributed by atoms with Crippen LogP contribution in [0.5, 0.6) is 0 Å². The van der Waals surface area contributed by atoms with Gasteiger partial charge in [0.2, 0.25) is 0 Å². The van der Waals surface area contributed by atoms with Crippen LogP contribution in [0, 0.1) is 5.92 Å². The Bertz CT molecular complexity index is 1020. The molecule has 1 N–H and O–H groups in total. The number of hydrogen-bond acceptors (Lipinski definition) is 2. The van der Waals surface area contributed by atoms with E-state index in [1.807, 2.05) is 36.5 Å². The average molecular weight is 428 g/mol. The maximum Gasteiger partial charge on any atom is 0.416 e. The first kappa shape index (κ1) is 21.0. The molecule has 3 aromatic rings. The fourth-order valence-corrected chi connectivity index (χ4v) is 3.88. The standard InChI is InChI=1S/C23H23F3N4O/c24-23(25,26)19-7-4-8-20(15-19)28-22(31)29-12-9-17(10-13-29)16-30-14-11-27-21(30)18-5-2-1-3-6-18/h1-8,11,14-15,17H,9-10,12-13,16H2,(H,28,31). The third-order valence-electron chi connectivity index (χ3n) is 5.55. The van der Waals surface area contributed by atoms with Gasteiger partial charge < -0.3 is 14.8 Å². The van der Waals surface area contributed by atoms with Crippen molar-refractivity contribution in [3.8, 4) is 11.4 Å². The first-order chi connectivity index (χ1) is 14.9. The van der Waals surface area contributed by atoms with Gasteiger partial charge in [0, 0.05) is 43.3 Å². The Labute approximate surface area is 178 Å². The van der Waals surface area contributed by atoms with Crippen molar-refractivity contribution in [1.29, 1.82) is 0 Å². The Hall–Kier alpha value is -3.29. The molecule has 0 unspecified atom stereocenters. The second-order valence-electron chi connectivity index (χ2n) is 7.71. The molecule has 2 heterocycles. The van der Waals surface area contributed by atoms with Crippen LogP contribution in [-0.2, 0) is 12.7 Å². The molecule has 2 amide bonds. The first-order valence-corrected chi connectivity index (χ1v) is 10.2. The summed E-state index contributed by atoms with van der Waals surface area (Å²) < 4.78 is 40.7. The number of carbonyl (C=O) groups excluding carboxylic acids is 1. The molecule has 1 saturated heterocycles. The van der Waals surface area contributed by atoms with Gasteiger partial charge in [-0.1, -0.05) is 36.4 Å². The van der Waals surface area contributed by atoms with Crippen molar-refractivity contribution in [3.05, 3.63) is 72.6 Å². The van der Waals surface area contributed by atoms with Crippen LogP contribution in [0.25, 0.3) is 11.4 Å². The smallest absolute Gasteiger partial charge is 0.331 e. The van der Waals surface area contributed by atoms with E-state index in [9.17, 15) is 18.0 Å². The molecule has 31 heavy (non-hydrogen) atoms. The van der Waals surface area contributed by atoms with Gasteiger partial charge in [-0.25, -0.2) is 9.78 Å². The molecule has 0 saturated carbocycles. The second kappa shape index (κ2) is 8.83. The topological polar surface area (TPSA) is 50.2 Å². The molecule has 8 heteroatoms. The summed E-state index contributed by atoms with van der Waals surface area (Å²) in [4.78, 5) is 18.6. The first-order valence-electron chi connectivity index (χ1n) is 10.2. The molecular weight excluding hydrogens is 405 g/mol.